The van der Waals surface area contributed by atoms with Crippen molar-refractivity contribution in [3.8, 4) is 0 Å². The summed E-state index contributed by atoms with van der Waals surface area (Å²) in [5, 5.41) is 6.69. The number of hydrogen-bond donors (Lipinski definition) is 2. The van der Waals surface area contributed by atoms with Crippen LogP contribution >= 0.6 is 0 Å². The number of guanidine groups is 1. The quantitative estimate of drug-likeness (QED) is 0.326. The van der Waals surface area contributed by atoms with E-state index in [1.165, 1.54) is 5.56 Å². The Morgan fingerprint density at radius 3 is 2.75 bits per heavy atom. The lowest BCUT2D eigenvalue weighted by molar-refractivity contribution is -0.0320. The fourth-order valence-corrected chi connectivity index (χ4v) is 2.97. The molecule has 0 radical (unpaired) electrons. The maximum Gasteiger partial charge on any atom is 0.191 e. The van der Waals surface area contributed by atoms with Gasteiger partial charge in [-0.05, 0) is 37.7 Å². The summed E-state index contributed by atoms with van der Waals surface area (Å²) in [6.07, 6.45) is 3.37. The van der Waals surface area contributed by atoms with Gasteiger partial charge in [0.05, 0.1) is 19.3 Å². The molecule has 28 heavy (non-hydrogen) atoms. The van der Waals surface area contributed by atoms with Gasteiger partial charge >= 0.3 is 0 Å². The number of ether oxygens (including phenoxy) is 3. The smallest absolute Gasteiger partial charge is 0.191 e. The molecule has 1 saturated heterocycles. The molecule has 0 spiro atoms. The van der Waals surface area contributed by atoms with E-state index >= 15 is 0 Å². The third-order valence-corrected chi connectivity index (χ3v) is 4.55. The molecule has 6 heteroatoms. The number of rotatable bonds is 12. The molecule has 0 bridgehead atoms. The zero-order valence-electron chi connectivity index (χ0n) is 17.5. The van der Waals surface area contributed by atoms with E-state index < -0.39 is 0 Å². The van der Waals surface area contributed by atoms with Crippen molar-refractivity contribution in [3.63, 3.8) is 0 Å². The van der Waals surface area contributed by atoms with Gasteiger partial charge in [-0.1, -0.05) is 37.3 Å². The SMILES string of the molecule is CCNC(=NCC(C)COCc1ccccc1)NCCCOC1CCOCC1. The monoisotopic (exact) mass is 391 g/mol. The van der Waals surface area contributed by atoms with Crippen molar-refractivity contribution in [2.24, 2.45) is 10.9 Å². The summed E-state index contributed by atoms with van der Waals surface area (Å²) in [5.74, 6) is 1.24. The molecule has 2 rings (SSSR count). The number of benzene rings is 1. The Bertz CT molecular complexity index is 533. The highest BCUT2D eigenvalue weighted by Gasteiger charge is 2.13. The molecule has 2 N–H and O–H groups in total. The molecule has 6 nitrogen and oxygen atoms in total. The van der Waals surface area contributed by atoms with E-state index in [0.717, 1.165) is 64.7 Å². The fraction of sp³-hybridized carbons (Fsp3) is 0.682. The summed E-state index contributed by atoms with van der Waals surface area (Å²) in [5.41, 5.74) is 1.20. The van der Waals surface area contributed by atoms with Gasteiger partial charge in [-0.2, -0.15) is 0 Å². The molecule has 1 fully saturated rings. The van der Waals surface area contributed by atoms with Crippen LogP contribution in [0.5, 0.6) is 0 Å². The van der Waals surface area contributed by atoms with Gasteiger partial charge in [0.25, 0.3) is 0 Å². The average Bonchev–Trinajstić information content (AvgIpc) is 2.73. The van der Waals surface area contributed by atoms with E-state index in [4.69, 9.17) is 14.2 Å². The van der Waals surface area contributed by atoms with Crippen molar-refractivity contribution in [1.29, 1.82) is 0 Å². The van der Waals surface area contributed by atoms with Crippen molar-refractivity contribution < 1.29 is 14.2 Å². The lowest BCUT2D eigenvalue weighted by Crippen LogP contribution is -2.38. The third kappa shape index (κ3) is 10.1. The normalized spacial score (nSPS) is 16.7. The fourth-order valence-electron chi connectivity index (χ4n) is 2.97. The molecule has 1 aliphatic heterocycles. The van der Waals surface area contributed by atoms with Crippen LogP contribution in [0.3, 0.4) is 0 Å². The van der Waals surface area contributed by atoms with Crippen LogP contribution in [0.25, 0.3) is 0 Å². The van der Waals surface area contributed by atoms with Crippen molar-refractivity contribution in [2.75, 3.05) is 46.1 Å². The van der Waals surface area contributed by atoms with Gasteiger partial charge in [-0.15, -0.1) is 0 Å². The van der Waals surface area contributed by atoms with E-state index in [9.17, 15) is 0 Å². The van der Waals surface area contributed by atoms with Crippen LogP contribution in [0.1, 0.15) is 38.7 Å². The highest BCUT2D eigenvalue weighted by atomic mass is 16.5. The van der Waals surface area contributed by atoms with E-state index in [-0.39, 0.29) is 0 Å². The van der Waals surface area contributed by atoms with Crippen molar-refractivity contribution in [3.05, 3.63) is 35.9 Å². The van der Waals surface area contributed by atoms with Gasteiger partial charge in [0.1, 0.15) is 0 Å². The van der Waals surface area contributed by atoms with Gasteiger partial charge in [-0.25, -0.2) is 0 Å². The topological polar surface area (TPSA) is 64.1 Å². The van der Waals surface area contributed by atoms with Gasteiger partial charge in [0.2, 0.25) is 0 Å². The zero-order valence-corrected chi connectivity index (χ0v) is 17.5. The Balaban J connectivity index is 1.57. The van der Waals surface area contributed by atoms with Crippen LogP contribution in [0, 0.1) is 5.92 Å². The summed E-state index contributed by atoms with van der Waals surface area (Å²) >= 11 is 0. The van der Waals surface area contributed by atoms with Gasteiger partial charge in [-0.3, -0.25) is 4.99 Å². The highest BCUT2D eigenvalue weighted by Crippen LogP contribution is 2.10. The Morgan fingerprint density at radius 2 is 2.00 bits per heavy atom. The molecule has 0 aliphatic carbocycles. The second kappa shape index (κ2) is 14.4. The standard InChI is InChI=1S/C22H37N3O3/c1-3-23-22(24-12-7-13-28-21-10-14-26-15-11-21)25-16-19(2)17-27-18-20-8-5-4-6-9-20/h4-6,8-9,19,21H,3,7,10-18H2,1-2H3,(H2,23,24,25). The first-order valence-corrected chi connectivity index (χ1v) is 10.6. The van der Waals surface area contributed by atoms with Crippen LogP contribution < -0.4 is 10.6 Å². The molecule has 0 amide bonds. The van der Waals surface area contributed by atoms with E-state index in [1.807, 2.05) is 18.2 Å². The Labute approximate surface area is 170 Å². The lowest BCUT2D eigenvalue weighted by Gasteiger charge is -2.22. The molecule has 1 unspecified atom stereocenters. The van der Waals surface area contributed by atoms with Crippen LogP contribution in [0.15, 0.2) is 35.3 Å². The van der Waals surface area contributed by atoms with Gasteiger partial charge in [0.15, 0.2) is 5.96 Å². The number of aliphatic imine (C=N–C) groups is 1. The molecule has 1 heterocycles. The highest BCUT2D eigenvalue weighted by molar-refractivity contribution is 5.79. The maximum atomic E-state index is 5.91. The molecular weight excluding hydrogens is 354 g/mol. The molecule has 1 aromatic rings. The predicted molar refractivity (Wildman–Crippen MR) is 114 cm³/mol. The van der Waals surface area contributed by atoms with E-state index in [0.29, 0.717) is 25.2 Å². The van der Waals surface area contributed by atoms with Crippen LogP contribution in [-0.4, -0.2) is 58.1 Å². The third-order valence-electron chi connectivity index (χ3n) is 4.55. The summed E-state index contributed by atoms with van der Waals surface area (Å²) in [7, 11) is 0. The molecular formula is C22H37N3O3. The van der Waals surface area contributed by atoms with Gasteiger partial charge in [0, 0.05) is 39.5 Å². The van der Waals surface area contributed by atoms with E-state index in [1.54, 1.807) is 0 Å². The van der Waals surface area contributed by atoms with Gasteiger partial charge < -0.3 is 24.8 Å². The van der Waals surface area contributed by atoms with E-state index in [2.05, 4.69) is 41.6 Å². The van der Waals surface area contributed by atoms with Crippen LogP contribution in [-0.2, 0) is 20.8 Å². The first-order valence-electron chi connectivity index (χ1n) is 10.6. The summed E-state index contributed by atoms with van der Waals surface area (Å²) in [6, 6.07) is 10.3. The average molecular weight is 392 g/mol. The Kier molecular flexibility index (Phi) is 11.6. The Morgan fingerprint density at radius 1 is 1.21 bits per heavy atom. The van der Waals surface area contributed by atoms with Crippen LogP contribution in [0.4, 0.5) is 0 Å². The van der Waals surface area contributed by atoms with Crippen molar-refractivity contribution >= 4 is 5.96 Å². The van der Waals surface area contributed by atoms with Crippen molar-refractivity contribution in [2.45, 2.75) is 45.8 Å². The first-order chi connectivity index (χ1) is 13.8. The summed E-state index contributed by atoms with van der Waals surface area (Å²) < 4.78 is 17.1. The molecule has 0 aromatic heterocycles. The van der Waals surface area contributed by atoms with Crippen LogP contribution in [0.2, 0.25) is 0 Å². The maximum absolute atomic E-state index is 5.91. The summed E-state index contributed by atoms with van der Waals surface area (Å²) in [4.78, 5) is 4.68. The minimum Gasteiger partial charge on any atom is -0.381 e. The number of hydrogen-bond acceptors (Lipinski definition) is 4. The molecule has 158 valence electrons. The second-order valence-corrected chi connectivity index (χ2v) is 7.29. The molecule has 1 aromatic carbocycles. The summed E-state index contributed by atoms with van der Waals surface area (Å²) in [6.45, 7) is 10.5. The molecule has 0 saturated carbocycles. The predicted octanol–water partition coefficient (Wildman–Crippen LogP) is 2.98. The van der Waals surface area contributed by atoms with Crippen molar-refractivity contribution in [1.82, 2.24) is 10.6 Å². The first kappa shape index (κ1) is 22.7. The number of nitrogens with zero attached hydrogens (tertiary/aromatic N) is 1. The largest absolute Gasteiger partial charge is 0.381 e. The molecule has 1 aliphatic rings. The Hall–Kier alpha value is -1.63. The lowest BCUT2D eigenvalue weighted by atomic mass is 10.1. The zero-order chi connectivity index (χ0) is 19.9. The minimum absolute atomic E-state index is 0.368. The minimum atomic E-state index is 0.368. The second-order valence-electron chi connectivity index (χ2n) is 7.29. The molecule has 1 atom stereocenters. The number of nitrogens with one attached hydrogen (secondary N) is 2.